The summed E-state index contributed by atoms with van der Waals surface area (Å²) >= 11 is 6.24. The van der Waals surface area contributed by atoms with Crippen molar-refractivity contribution in [2.24, 2.45) is 0 Å². The molecule has 1 aliphatic rings. The van der Waals surface area contributed by atoms with Crippen LogP contribution in [-0.2, 0) is 0 Å². The van der Waals surface area contributed by atoms with Gasteiger partial charge in [-0.05, 0) is 18.6 Å². The average molecular weight is 285 g/mol. The summed E-state index contributed by atoms with van der Waals surface area (Å²) in [6, 6.07) is 5.09. The minimum Gasteiger partial charge on any atom is -0.314 e. The highest BCUT2D eigenvalue weighted by Crippen LogP contribution is 2.33. The van der Waals surface area contributed by atoms with Crippen LogP contribution < -0.4 is 5.32 Å². The van der Waals surface area contributed by atoms with E-state index >= 15 is 0 Å². The van der Waals surface area contributed by atoms with Crippen LogP contribution in [0.1, 0.15) is 37.8 Å². The van der Waals surface area contributed by atoms with E-state index in [2.05, 4.69) is 17.1 Å². The Morgan fingerprint density at radius 1 is 1.37 bits per heavy atom. The van der Waals surface area contributed by atoms with Crippen LogP contribution in [0, 0.1) is 5.82 Å². The zero-order valence-corrected chi connectivity index (χ0v) is 12.2. The van der Waals surface area contributed by atoms with E-state index in [4.69, 9.17) is 11.6 Å². The lowest BCUT2D eigenvalue weighted by atomic mass is 9.98. The summed E-state index contributed by atoms with van der Waals surface area (Å²) in [5.74, 6) is -0.174. The summed E-state index contributed by atoms with van der Waals surface area (Å²) in [5, 5.41) is 3.89. The number of rotatable bonds is 5. The molecule has 1 N–H and O–H groups in total. The molecule has 19 heavy (non-hydrogen) atoms. The van der Waals surface area contributed by atoms with Gasteiger partial charge in [0.25, 0.3) is 0 Å². The molecule has 1 saturated heterocycles. The Labute approximate surface area is 119 Å². The van der Waals surface area contributed by atoms with E-state index in [1.165, 1.54) is 6.07 Å². The molecule has 0 aromatic heterocycles. The molecule has 1 aromatic rings. The lowest BCUT2D eigenvalue weighted by Gasteiger charge is -2.35. The van der Waals surface area contributed by atoms with Gasteiger partial charge in [-0.3, -0.25) is 4.90 Å². The smallest absolute Gasteiger partial charge is 0.129 e. The van der Waals surface area contributed by atoms with Gasteiger partial charge in [-0.25, -0.2) is 4.39 Å². The number of hydrogen-bond donors (Lipinski definition) is 1. The first-order valence-electron chi connectivity index (χ1n) is 7.12. The van der Waals surface area contributed by atoms with Gasteiger partial charge in [0.15, 0.2) is 0 Å². The summed E-state index contributed by atoms with van der Waals surface area (Å²) in [7, 11) is 0. The van der Waals surface area contributed by atoms with Gasteiger partial charge in [0.2, 0.25) is 0 Å². The second-order valence-electron chi connectivity index (χ2n) is 5.08. The van der Waals surface area contributed by atoms with Crippen LogP contribution in [0.4, 0.5) is 4.39 Å². The summed E-state index contributed by atoms with van der Waals surface area (Å²) in [6.45, 7) is 6.01. The fourth-order valence-electron chi connectivity index (χ4n) is 2.73. The maximum atomic E-state index is 14.2. The quantitative estimate of drug-likeness (QED) is 0.888. The Bertz CT molecular complexity index is 385. The van der Waals surface area contributed by atoms with Gasteiger partial charge < -0.3 is 5.32 Å². The molecular formula is C15H22ClFN2. The first-order chi connectivity index (χ1) is 9.24. The van der Waals surface area contributed by atoms with E-state index in [1.807, 2.05) is 0 Å². The highest BCUT2D eigenvalue weighted by atomic mass is 35.5. The Kier molecular flexibility index (Phi) is 5.61. The molecular weight excluding hydrogens is 263 g/mol. The average Bonchev–Trinajstić information content (AvgIpc) is 2.43. The standard InChI is InChI=1S/C15H22ClFN2/c1-2-3-7-14(19-10-8-18-9-11-19)15-12(16)5-4-6-13(15)17/h4-6,14,18H,2-3,7-11H2,1H3/t14-/m0/s1. The summed E-state index contributed by atoms with van der Waals surface area (Å²) < 4.78 is 14.2. The van der Waals surface area contributed by atoms with Crippen molar-refractivity contribution >= 4 is 11.6 Å². The largest absolute Gasteiger partial charge is 0.314 e. The maximum absolute atomic E-state index is 14.2. The molecule has 0 unspecified atom stereocenters. The predicted octanol–water partition coefficient (Wildman–Crippen LogP) is 3.62. The van der Waals surface area contributed by atoms with E-state index < -0.39 is 0 Å². The van der Waals surface area contributed by atoms with Crippen molar-refractivity contribution in [3.63, 3.8) is 0 Å². The second kappa shape index (κ2) is 7.22. The Morgan fingerprint density at radius 2 is 2.11 bits per heavy atom. The lowest BCUT2D eigenvalue weighted by Crippen LogP contribution is -2.45. The van der Waals surface area contributed by atoms with Crippen LogP contribution in [0.15, 0.2) is 18.2 Å². The molecule has 2 nitrogen and oxygen atoms in total. The third-order valence-electron chi connectivity index (χ3n) is 3.76. The third-order valence-corrected chi connectivity index (χ3v) is 4.09. The number of halogens is 2. The first-order valence-corrected chi connectivity index (χ1v) is 7.50. The first kappa shape index (κ1) is 14.8. The highest BCUT2D eigenvalue weighted by Gasteiger charge is 2.25. The van der Waals surface area contributed by atoms with Crippen molar-refractivity contribution in [3.8, 4) is 0 Å². The van der Waals surface area contributed by atoms with Crippen molar-refractivity contribution in [2.75, 3.05) is 26.2 Å². The van der Waals surface area contributed by atoms with Gasteiger partial charge in [0.05, 0.1) is 0 Å². The molecule has 1 atom stereocenters. The molecule has 1 heterocycles. The minimum absolute atomic E-state index is 0.107. The Balaban J connectivity index is 2.25. The number of benzene rings is 1. The van der Waals surface area contributed by atoms with Gasteiger partial charge >= 0.3 is 0 Å². The van der Waals surface area contributed by atoms with E-state index in [-0.39, 0.29) is 11.9 Å². The fraction of sp³-hybridized carbons (Fsp3) is 0.600. The molecule has 0 bridgehead atoms. The van der Waals surface area contributed by atoms with Crippen LogP contribution in [0.25, 0.3) is 0 Å². The molecule has 0 saturated carbocycles. The van der Waals surface area contributed by atoms with Crippen LogP contribution in [0.2, 0.25) is 5.02 Å². The zero-order valence-electron chi connectivity index (χ0n) is 11.5. The summed E-state index contributed by atoms with van der Waals surface area (Å²) in [4.78, 5) is 2.36. The SMILES string of the molecule is CCCC[C@@H](c1c(F)cccc1Cl)N1CCNCC1. The van der Waals surface area contributed by atoms with Crippen LogP contribution in [0.3, 0.4) is 0 Å². The van der Waals surface area contributed by atoms with Crippen molar-refractivity contribution in [3.05, 3.63) is 34.6 Å². The molecule has 0 amide bonds. The summed E-state index contributed by atoms with van der Waals surface area (Å²) in [5.41, 5.74) is 0.680. The molecule has 4 heteroatoms. The zero-order chi connectivity index (χ0) is 13.7. The van der Waals surface area contributed by atoms with Crippen molar-refractivity contribution in [1.29, 1.82) is 0 Å². The number of hydrogen-bond acceptors (Lipinski definition) is 2. The van der Waals surface area contributed by atoms with E-state index in [1.54, 1.807) is 12.1 Å². The summed E-state index contributed by atoms with van der Waals surface area (Å²) in [6.07, 6.45) is 3.19. The van der Waals surface area contributed by atoms with Gasteiger partial charge in [-0.15, -0.1) is 0 Å². The Hall–Kier alpha value is -0.640. The van der Waals surface area contributed by atoms with Gasteiger partial charge in [0.1, 0.15) is 5.82 Å². The van der Waals surface area contributed by atoms with Gasteiger partial charge in [0, 0.05) is 42.8 Å². The van der Waals surface area contributed by atoms with Gasteiger partial charge in [-0.1, -0.05) is 37.4 Å². The molecule has 2 rings (SSSR count). The molecule has 0 radical (unpaired) electrons. The van der Waals surface area contributed by atoms with Crippen LogP contribution in [-0.4, -0.2) is 31.1 Å². The fourth-order valence-corrected chi connectivity index (χ4v) is 3.02. The number of nitrogens with zero attached hydrogens (tertiary/aromatic N) is 1. The van der Waals surface area contributed by atoms with Crippen LogP contribution in [0.5, 0.6) is 0 Å². The number of piperazine rings is 1. The van der Waals surface area contributed by atoms with E-state index in [0.29, 0.717) is 10.6 Å². The predicted molar refractivity (Wildman–Crippen MR) is 78.1 cm³/mol. The third kappa shape index (κ3) is 3.68. The lowest BCUT2D eigenvalue weighted by molar-refractivity contribution is 0.160. The van der Waals surface area contributed by atoms with E-state index in [9.17, 15) is 4.39 Å². The number of unbranched alkanes of at least 4 members (excludes halogenated alkanes) is 1. The topological polar surface area (TPSA) is 15.3 Å². The molecule has 1 fully saturated rings. The second-order valence-corrected chi connectivity index (χ2v) is 5.49. The van der Waals surface area contributed by atoms with Gasteiger partial charge in [-0.2, -0.15) is 0 Å². The Morgan fingerprint density at radius 3 is 2.74 bits per heavy atom. The van der Waals surface area contributed by atoms with Crippen molar-refractivity contribution < 1.29 is 4.39 Å². The molecule has 0 aliphatic carbocycles. The molecule has 1 aliphatic heterocycles. The van der Waals surface area contributed by atoms with E-state index in [0.717, 1.165) is 45.4 Å². The van der Waals surface area contributed by atoms with Crippen molar-refractivity contribution in [2.45, 2.75) is 32.2 Å². The minimum atomic E-state index is -0.174. The monoisotopic (exact) mass is 284 g/mol. The molecule has 106 valence electrons. The van der Waals surface area contributed by atoms with Crippen LogP contribution >= 0.6 is 11.6 Å². The normalized spacial score (nSPS) is 18.5. The molecule has 0 spiro atoms. The van der Waals surface area contributed by atoms with Crippen molar-refractivity contribution in [1.82, 2.24) is 10.2 Å². The highest BCUT2D eigenvalue weighted by molar-refractivity contribution is 6.31. The maximum Gasteiger partial charge on any atom is 0.129 e. The molecule has 1 aromatic carbocycles. The number of nitrogens with one attached hydrogen (secondary N) is 1.